The van der Waals surface area contributed by atoms with Crippen LogP contribution in [0.5, 0.6) is 0 Å². The second-order valence-corrected chi connectivity index (χ2v) is 7.94. The van der Waals surface area contributed by atoms with Crippen molar-refractivity contribution in [2.24, 2.45) is 0 Å². The number of hydrogen-bond donors (Lipinski definition) is 2. The van der Waals surface area contributed by atoms with Crippen molar-refractivity contribution in [1.82, 2.24) is 0 Å². The maximum atomic E-state index is 11.0. The zero-order chi connectivity index (χ0) is 18.9. The third-order valence-corrected chi connectivity index (χ3v) is 7.00. The van der Waals surface area contributed by atoms with Crippen LogP contribution in [0.3, 0.4) is 0 Å². The van der Waals surface area contributed by atoms with Crippen molar-refractivity contribution in [3.8, 4) is 11.1 Å². The number of fused-ring (bicyclic) bond motifs is 10. The van der Waals surface area contributed by atoms with E-state index >= 15 is 0 Å². The van der Waals surface area contributed by atoms with E-state index in [9.17, 15) is 10.0 Å². The van der Waals surface area contributed by atoms with Gasteiger partial charge in [0.15, 0.2) is 0 Å². The third-order valence-electron chi connectivity index (χ3n) is 7.00. The normalized spacial score (nSPS) is 22.3. The second-order valence-electron chi connectivity index (χ2n) is 7.94. The fraction of sp³-hybridized carbons (Fsp3) is 0.120. The van der Waals surface area contributed by atoms with E-state index in [4.69, 9.17) is 0 Å². The molecule has 28 heavy (non-hydrogen) atoms. The molecule has 134 valence electrons. The first-order chi connectivity index (χ1) is 13.7. The molecule has 0 aromatic heterocycles. The lowest BCUT2D eigenvalue weighted by atomic mass is 9.40. The predicted molar refractivity (Wildman–Crippen MR) is 113 cm³/mol. The Morgan fingerprint density at radius 1 is 0.679 bits per heavy atom. The molecule has 3 aliphatic carbocycles. The molecule has 0 radical (unpaired) electrons. The topological polar surface area (TPSA) is 40.5 Å². The minimum atomic E-state index is -1.49. The Hall–Kier alpha value is -2.88. The zero-order valence-electron chi connectivity index (χ0n) is 15.3. The quantitative estimate of drug-likeness (QED) is 0.623. The summed E-state index contributed by atoms with van der Waals surface area (Å²) in [4.78, 5) is 0. The van der Waals surface area contributed by atoms with Gasteiger partial charge in [-0.05, 0) is 45.4 Å². The summed E-state index contributed by atoms with van der Waals surface area (Å²) in [7, 11) is -1.49. The van der Waals surface area contributed by atoms with E-state index in [1.54, 1.807) is 0 Å². The van der Waals surface area contributed by atoms with Crippen LogP contribution >= 0.6 is 0 Å². The molecular weight excluding hydrogens is 343 g/mol. The first kappa shape index (κ1) is 16.1. The third kappa shape index (κ3) is 1.56. The molecule has 1 spiro atoms. The maximum absolute atomic E-state index is 11.0. The molecular formula is C25H19BO2. The number of rotatable bonds is 1. The first-order valence-electron chi connectivity index (χ1n) is 9.75. The Labute approximate surface area is 164 Å². The summed E-state index contributed by atoms with van der Waals surface area (Å²) in [6.07, 6.45) is 6.76. The van der Waals surface area contributed by atoms with Crippen LogP contribution in [0.4, 0.5) is 0 Å². The van der Waals surface area contributed by atoms with Gasteiger partial charge in [-0.15, -0.1) is 0 Å². The molecule has 3 aromatic rings. The SMILES string of the molecule is OB(O)C12CC=CC=C1c1ccccc1C21c2ccccc2-c2ccccc21. The van der Waals surface area contributed by atoms with Crippen LogP contribution in [0, 0.1) is 0 Å². The minimum absolute atomic E-state index is 0.577. The minimum Gasteiger partial charge on any atom is -0.426 e. The number of allylic oxidation sites excluding steroid dienone is 4. The fourth-order valence-corrected chi connectivity index (χ4v) is 6.09. The first-order valence-corrected chi connectivity index (χ1v) is 9.75. The van der Waals surface area contributed by atoms with Gasteiger partial charge in [-0.1, -0.05) is 91.0 Å². The van der Waals surface area contributed by atoms with Crippen LogP contribution in [-0.2, 0) is 5.41 Å². The molecule has 0 aliphatic heterocycles. The monoisotopic (exact) mass is 362 g/mol. The summed E-state index contributed by atoms with van der Waals surface area (Å²) in [5, 5.41) is 21.1. The molecule has 3 aliphatic rings. The molecule has 1 atom stereocenters. The van der Waals surface area contributed by atoms with Crippen molar-refractivity contribution in [2.45, 2.75) is 17.2 Å². The standard InChI is InChI=1S/C25H19BO2/c27-26(28)24-16-8-7-12-20(24)19-11-3-6-15-23(19)25(24)21-13-4-1-9-17(21)18-10-2-5-14-22(18)25/h1-15,27-28H,16H2. The smallest absolute Gasteiger partial charge is 0.426 e. The van der Waals surface area contributed by atoms with E-state index in [-0.39, 0.29) is 0 Å². The molecule has 6 rings (SSSR count). The Morgan fingerprint density at radius 3 is 1.75 bits per heavy atom. The molecule has 3 aromatic carbocycles. The summed E-state index contributed by atoms with van der Waals surface area (Å²) in [6, 6.07) is 25.3. The van der Waals surface area contributed by atoms with Gasteiger partial charge in [0.1, 0.15) is 0 Å². The van der Waals surface area contributed by atoms with Crippen LogP contribution in [0.15, 0.2) is 91.0 Å². The largest absolute Gasteiger partial charge is 0.464 e. The summed E-state index contributed by atoms with van der Waals surface area (Å²) in [6.45, 7) is 0. The van der Waals surface area contributed by atoms with Crippen molar-refractivity contribution in [1.29, 1.82) is 0 Å². The highest BCUT2D eigenvalue weighted by Crippen LogP contribution is 2.75. The van der Waals surface area contributed by atoms with E-state index in [0.717, 1.165) is 27.8 Å². The lowest BCUT2D eigenvalue weighted by Gasteiger charge is -2.46. The van der Waals surface area contributed by atoms with Gasteiger partial charge in [-0.25, -0.2) is 0 Å². The van der Waals surface area contributed by atoms with Gasteiger partial charge in [-0.3, -0.25) is 0 Å². The van der Waals surface area contributed by atoms with E-state index in [2.05, 4.69) is 78.9 Å². The van der Waals surface area contributed by atoms with Crippen molar-refractivity contribution in [2.75, 3.05) is 0 Å². The van der Waals surface area contributed by atoms with E-state index in [1.807, 2.05) is 12.1 Å². The van der Waals surface area contributed by atoms with Gasteiger partial charge in [0.05, 0.1) is 10.7 Å². The maximum Gasteiger partial charge on any atom is 0.464 e. The molecule has 0 saturated carbocycles. The summed E-state index contributed by atoms with van der Waals surface area (Å²) < 4.78 is 0. The van der Waals surface area contributed by atoms with Gasteiger partial charge in [-0.2, -0.15) is 0 Å². The van der Waals surface area contributed by atoms with Crippen molar-refractivity contribution >= 4 is 12.7 Å². The zero-order valence-corrected chi connectivity index (χ0v) is 15.3. The highest BCUT2D eigenvalue weighted by atomic mass is 16.4. The van der Waals surface area contributed by atoms with Crippen LogP contribution in [0.25, 0.3) is 16.7 Å². The van der Waals surface area contributed by atoms with Gasteiger partial charge in [0.2, 0.25) is 0 Å². The van der Waals surface area contributed by atoms with Crippen molar-refractivity contribution in [3.63, 3.8) is 0 Å². The molecule has 0 saturated heterocycles. The van der Waals surface area contributed by atoms with Crippen LogP contribution < -0.4 is 0 Å². The van der Waals surface area contributed by atoms with Gasteiger partial charge in [0.25, 0.3) is 0 Å². The van der Waals surface area contributed by atoms with Crippen molar-refractivity contribution in [3.05, 3.63) is 113 Å². The van der Waals surface area contributed by atoms with Crippen LogP contribution in [0.1, 0.15) is 28.7 Å². The molecule has 0 fully saturated rings. The molecule has 2 N–H and O–H groups in total. The van der Waals surface area contributed by atoms with Gasteiger partial charge in [0, 0.05) is 0 Å². The summed E-state index contributed by atoms with van der Waals surface area (Å²) in [5.41, 5.74) is 7.37. The predicted octanol–water partition coefficient (Wildman–Crippen LogP) is 4.57. The highest BCUT2D eigenvalue weighted by Gasteiger charge is 2.69. The summed E-state index contributed by atoms with van der Waals surface area (Å²) in [5.74, 6) is 0. The molecule has 0 bridgehead atoms. The molecule has 1 unspecified atom stereocenters. The lowest BCUT2D eigenvalue weighted by molar-refractivity contribution is 0.329. The molecule has 2 nitrogen and oxygen atoms in total. The van der Waals surface area contributed by atoms with Crippen LogP contribution in [0.2, 0.25) is 5.31 Å². The van der Waals surface area contributed by atoms with E-state index in [1.165, 1.54) is 11.1 Å². The number of benzene rings is 3. The Balaban J connectivity index is 1.87. The van der Waals surface area contributed by atoms with Gasteiger partial charge >= 0.3 is 7.12 Å². The average molecular weight is 362 g/mol. The second kappa shape index (κ2) is 5.35. The Bertz CT molecular complexity index is 1140. The fourth-order valence-electron chi connectivity index (χ4n) is 6.09. The highest BCUT2D eigenvalue weighted by molar-refractivity contribution is 6.51. The summed E-state index contributed by atoms with van der Waals surface area (Å²) >= 11 is 0. The Kier molecular flexibility index (Phi) is 3.08. The van der Waals surface area contributed by atoms with Gasteiger partial charge < -0.3 is 10.0 Å². The van der Waals surface area contributed by atoms with Crippen molar-refractivity contribution < 1.29 is 10.0 Å². The number of hydrogen-bond acceptors (Lipinski definition) is 2. The van der Waals surface area contributed by atoms with E-state index < -0.39 is 17.8 Å². The van der Waals surface area contributed by atoms with Crippen LogP contribution in [-0.4, -0.2) is 17.2 Å². The molecule has 0 heterocycles. The molecule has 0 amide bonds. The molecule has 3 heteroatoms. The Morgan fingerprint density at radius 2 is 1.18 bits per heavy atom. The lowest BCUT2D eigenvalue weighted by Crippen LogP contribution is -2.48. The average Bonchev–Trinajstić information content (AvgIpc) is 3.20. The van der Waals surface area contributed by atoms with E-state index in [0.29, 0.717) is 6.42 Å².